The van der Waals surface area contributed by atoms with Crippen LogP contribution in [0.5, 0.6) is 0 Å². The molecule has 1 aromatic heterocycles. The maximum atomic E-state index is 12.9. The van der Waals surface area contributed by atoms with E-state index >= 15 is 0 Å². The molecule has 6 heteroatoms. The van der Waals surface area contributed by atoms with E-state index in [4.69, 9.17) is 0 Å². The van der Waals surface area contributed by atoms with E-state index in [0.29, 0.717) is 12.1 Å². The molecule has 1 N–H and O–H groups in total. The van der Waals surface area contributed by atoms with Crippen LogP contribution in [0.15, 0.2) is 53.3 Å². The van der Waals surface area contributed by atoms with E-state index in [1.807, 2.05) is 44.2 Å². The normalized spacial score (nSPS) is 12.1. The van der Waals surface area contributed by atoms with Gasteiger partial charge in [0.05, 0.1) is 18.2 Å². The van der Waals surface area contributed by atoms with Crippen molar-refractivity contribution in [1.29, 1.82) is 0 Å². The maximum absolute atomic E-state index is 12.9. The van der Waals surface area contributed by atoms with Crippen molar-refractivity contribution in [3.05, 3.63) is 76.0 Å². The molecular weight excluding hydrogens is 366 g/mol. The van der Waals surface area contributed by atoms with Crippen LogP contribution in [-0.2, 0) is 13.0 Å². The van der Waals surface area contributed by atoms with Gasteiger partial charge >= 0.3 is 11.7 Å². The third kappa shape index (κ3) is 4.31. The molecule has 0 saturated heterocycles. The van der Waals surface area contributed by atoms with Crippen LogP contribution < -0.4 is 5.69 Å². The van der Waals surface area contributed by atoms with Gasteiger partial charge in [-0.3, -0.25) is 4.57 Å². The Morgan fingerprint density at radius 2 is 1.79 bits per heavy atom. The van der Waals surface area contributed by atoms with E-state index in [1.165, 1.54) is 0 Å². The average molecular weight is 393 g/mol. The molecule has 0 fully saturated rings. The van der Waals surface area contributed by atoms with Crippen LogP contribution in [0, 0.1) is 0 Å². The highest BCUT2D eigenvalue weighted by molar-refractivity contribution is 5.95. The molecule has 0 bridgehead atoms. The number of carboxylic acids is 1. The van der Waals surface area contributed by atoms with Crippen molar-refractivity contribution < 1.29 is 9.90 Å². The topological polar surface area (TPSA) is 77.1 Å². The summed E-state index contributed by atoms with van der Waals surface area (Å²) >= 11 is 0. The molecule has 3 rings (SSSR count). The molecule has 1 atom stereocenters. The minimum atomic E-state index is -0.946. The van der Waals surface area contributed by atoms with Gasteiger partial charge in [-0.05, 0) is 42.5 Å². The van der Waals surface area contributed by atoms with E-state index in [0.717, 1.165) is 36.2 Å². The Morgan fingerprint density at radius 3 is 2.41 bits per heavy atom. The predicted molar refractivity (Wildman–Crippen MR) is 113 cm³/mol. The number of carboxylic acid groups (broad SMARTS) is 1. The molecule has 6 nitrogen and oxygen atoms in total. The molecule has 29 heavy (non-hydrogen) atoms. The third-order valence-corrected chi connectivity index (χ3v) is 5.21. The lowest BCUT2D eigenvalue weighted by atomic mass is 9.99. The Bertz CT molecular complexity index is 1050. The summed E-state index contributed by atoms with van der Waals surface area (Å²) in [4.78, 5) is 24.3. The average Bonchev–Trinajstić information content (AvgIpc) is 3.04. The molecule has 2 aromatic carbocycles. The molecule has 0 radical (unpaired) electrons. The molecule has 152 valence electrons. The summed E-state index contributed by atoms with van der Waals surface area (Å²) in [6.45, 7) is 6.57. The summed E-state index contributed by atoms with van der Waals surface area (Å²) in [6.07, 6.45) is 2.52. The summed E-state index contributed by atoms with van der Waals surface area (Å²) in [5, 5.41) is 14.0. The fourth-order valence-corrected chi connectivity index (χ4v) is 3.38. The van der Waals surface area contributed by atoms with Crippen LogP contribution >= 0.6 is 0 Å². The molecule has 0 amide bonds. The number of hydrogen-bond donors (Lipinski definition) is 1. The lowest BCUT2D eigenvalue weighted by molar-refractivity contribution is 0.0697. The summed E-state index contributed by atoms with van der Waals surface area (Å²) in [5.74, 6) is -0.143. The molecule has 1 heterocycles. The molecule has 0 saturated carbocycles. The zero-order valence-electron chi connectivity index (χ0n) is 17.1. The number of rotatable bonds is 8. The summed E-state index contributed by atoms with van der Waals surface area (Å²) in [7, 11) is 0. The number of aromatic carboxylic acids is 1. The van der Waals surface area contributed by atoms with Gasteiger partial charge in [0, 0.05) is 6.42 Å². The first-order chi connectivity index (χ1) is 14.0. The molecule has 0 aliphatic carbocycles. The van der Waals surface area contributed by atoms with Crippen molar-refractivity contribution in [3.8, 4) is 11.1 Å². The number of benzene rings is 2. The third-order valence-electron chi connectivity index (χ3n) is 5.21. The second kappa shape index (κ2) is 8.90. The fraction of sp³-hybridized carbons (Fsp3) is 0.348. The van der Waals surface area contributed by atoms with Gasteiger partial charge in [0.2, 0.25) is 0 Å². The van der Waals surface area contributed by atoms with E-state index < -0.39 is 5.97 Å². The first kappa shape index (κ1) is 20.6. The van der Waals surface area contributed by atoms with Crippen LogP contribution in [0.4, 0.5) is 0 Å². The second-order valence-corrected chi connectivity index (χ2v) is 7.28. The van der Waals surface area contributed by atoms with Crippen LogP contribution in [0.1, 0.15) is 61.4 Å². The molecule has 3 aromatic rings. The van der Waals surface area contributed by atoms with Gasteiger partial charge in [-0.25, -0.2) is 14.3 Å². The van der Waals surface area contributed by atoms with E-state index in [2.05, 4.69) is 12.0 Å². The highest BCUT2D eigenvalue weighted by atomic mass is 16.4. The van der Waals surface area contributed by atoms with Crippen LogP contribution in [0.25, 0.3) is 11.1 Å². The summed E-state index contributed by atoms with van der Waals surface area (Å²) in [6, 6.07) is 14.7. The van der Waals surface area contributed by atoms with Crippen LogP contribution in [0.2, 0.25) is 0 Å². The largest absolute Gasteiger partial charge is 0.478 e. The number of aromatic nitrogens is 3. The van der Waals surface area contributed by atoms with Crippen molar-refractivity contribution in [2.75, 3.05) is 0 Å². The maximum Gasteiger partial charge on any atom is 0.346 e. The van der Waals surface area contributed by atoms with Gasteiger partial charge in [0.1, 0.15) is 5.82 Å². The van der Waals surface area contributed by atoms with E-state index in [-0.39, 0.29) is 17.3 Å². The Morgan fingerprint density at radius 1 is 1.10 bits per heavy atom. The van der Waals surface area contributed by atoms with Crippen molar-refractivity contribution in [1.82, 2.24) is 14.3 Å². The van der Waals surface area contributed by atoms with Crippen molar-refractivity contribution in [3.63, 3.8) is 0 Å². The summed E-state index contributed by atoms with van der Waals surface area (Å²) < 4.78 is 3.33. The Labute approximate surface area is 170 Å². The standard InChI is InChI=1S/C23H27N3O3/c1-4-8-21-24-26(16(3)5-2)23(29)25(21)15-17-11-13-18(14-12-17)19-9-6-7-10-20(19)22(27)28/h6-7,9-14,16H,4-5,8,15H2,1-3H3,(H,27,28). The highest BCUT2D eigenvalue weighted by Gasteiger charge is 2.16. The second-order valence-electron chi connectivity index (χ2n) is 7.28. The number of nitrogens with zero attached hydrogens (tertiary/aromatic N) is 3. The number of aryl methyl sites for hydroxylation is 1. The van der Waals surface area contributed by atoms with Crippen LogP contribution in [-0.4, -0.2) is 25.4 Å². The lowest BCUT2D eigenvalue weighted by Gasteiger charge is -2.09. The Balaban J connectivity index is 1.92. The van der Waals surface area contributed by atoms with Gasteiger partial charge < -0.3 is 5.11 Å². The van der Waals surface area contributed by atoms with Crippen molar-refractivity contribution >= 4 is 5.97 Å². The van der Waals surface area contributed by atoms with Crippen molar-refractivity contribution in [2.45, 2.75) is 52.6 Å². The first-order valence-corrected chi connectivity index (χ1v) is 10.1. The number of hydrogen-bond acceptors (Lipinski definition) is 3. The Kier molecular flexibility index (Phi) is 6.32. The zero-order valence-corrected chi connectivity index (χ0v) is 17.1. The SMILES string of the molecule is CCCc1nn(C(C)CC)c(=O)n1Cc1ccc(-c2ccccc2C(=O)O)cc1. The monoisotopic (exact) mass is 393 g/mol. The smallest absolute Gasteiger partial charge is 0.346 e. The molecule has 1 unspecified atom stereocenters. The quantitative estimate of drug-likeness (QED) is 0.616. The van der Waals surface area contributed by atoms with Gasteiger partial charge in [-0.15, -0.1) is 0 Å². The molecule has 0 spiro atoms. The number of carbonyl (C=O) groups is 1. The molecular formula is C23H27N3O3. The van der Waals surface area contributed by atoms with Crippen molar-refractivity contribution in [2.24, 2.45) is 0 Å². The van der Waals surface area contributed by atoms with E-state index in [1.54, 1.807) is 27.4 Å². The van der Waals surface area contributed by atoms with Gasteiger partial charge in [0.15, 0.2) is 0 Å². The minimum absolute atomic E-state index is 0.0641. The summed E-state index contributed by atoms with van der Waals surface area (Å²) in [5.41, 5.74) is 2.69. The first-order valence-electron chi connectivity index (χ1n) is 10.1. The van der Waals surface area contributed by atoms with Gasteiger partial charge in [0.25, 0.3) is 0 Å². The van der Waals surface area contributed by atoms with Crippen LogP contribution in [0.3, 0.4) is 0 Å². The minimum Gasteiger partial charge on any atom is -0.478 e. The van der Waals surface area contributed by atoms with Gasteiger partial charge in [-0.2, -0.15) is 5.10 Å². The van der Waals surface area contributed by atoms with Gasteiger partial charge in [-0.1, -0.05) is 56.3 Å². The lowest BCUT2D eigenvalue weighted by Crippen LogP contribution is -2.27. The zero-order chi connectivity index (χ0) is 21.0. The highest BCUT2D eigenvalue weighted by Crippen LogP contribution is 2.24. The predicted octanol–water partition coefficient (Wildman–Crippen LogP) is 4.38. The fourth-order valence-electron chi connectivity index (χ4n) is 3.38. The molecule has 0 aliphatic rings. The molecule has 0 aliphatic heterocycles. The van der Waals surface area contributed by atoms with E-state index in [9.17, 15) is 14.7 Å². The Hall–Kier alpha value is -3.15.